The second kappa shape index (κ2) is 6.06. The molecule has 1 aliphatic rings. The second-order valence-electron chi connectivity index (χ2n) is 4.26. The molecule has 6 nitrogen and oxygen atoms in total. The van der Waals surface area contributed by atoms with Crippen molar-refractivity contribution in [1.82, 2.24) is 14.3 Å². The van der Waals surface area contributed by atoms with Gasteiger partial charge in [0.15, 0.2) is 0 Å². The molecule has 0 bridgehead atoms. The van der Waals surface area contributed by atoms with Crippen molar-refractivity contribution in [2.75, 3.05) is 31.2 Å². The first-order chi connectivity index (χ1) is 9.07. The van der Waals surface area contributed by atoms with Crippen molar-refractivity contribution in [1.29, 1.82) is 0 Å². The average Bonchev–Trinajstić information content (AvgIpc) is 2.47. The SMILES string of the molecule is CCC1CN(S(=O)(=O)c2cnc(NC)nc2)CCS1. The second-order valence-corrected chi connectivity index (χ2v) is 7.60. The Morgan fingerprint density at radius 2 is 2.16 bits per heavy atom. The number of nitrogens with zero attached hydrogens (tertiary/aromatic N) is 3. The van der Waals surface area contributed by atoms with Crippen molar-refractivity contribution in [3.8, 4) is 0 Å². The van der Waals surface area contributed by atoms with Gasteiger partial charge in [0.1, 0.15) is 4.90 Å². The minimum absolute atomic E-state index is 0.160. The molecule has 0 spiro atoms. The Hall–Kier alpha value is -0.860. The molecule has 1 atom stereocenters. The van der Waals surface area contributed by atoms with E-state index < -0.39 is 10.0 Å². The van der Waals surface area contributed by atoms with Gasteiger partial charge in [-0.15, -0.1) is 0 Å². The van der Waals surface area contributed by atoms with Crippen LogP contribution in [0.3, 0.4) is 0 Å². The van der Waals surface area contributed by atoms with Crippen molar-refractivity contribution >= 4 is 27.7 Å². The lowest BCUT2D eigenvalue weighted by Gasteiger charge is -2.30. The normalized spacial score (nSPS) is 21.3. The molecule has 0 amide bonds. The summed E-state index contributed by atoms with van der Waals surface area (Å²) in [4.78, 5) is 8.09. The molecule has 1 fully saturated rings. The van der Waals surface area contributed by atoms with Crippen LogP contribution >= 0.6 is 11.8 Å². The predicted molar refractivity (Wildman–Crippen MR) is 76.9 cm³/mol. The van der Waals surface area contributed by atoms with Gasteiger partial charge in [-0.2, -0.15) is 16.1 Å². The Balaban J connectivity index is 2.20. The highest BCUT2D eigenvalue weighted by Crippen LogP contribution is 2.25. The summed E-state index contributed by atoms with van der Waals surface area (Å²) < 4.78 is 26.5. The van der Waals surface area contributed by atoms with Gasteiger partial charge in [-0.25, -0.2) is 18.4 Å². The first-order valence-electron chi connectivity index (χ1n) is 6.19. The van der Waals surface area contributed by atoms with Crippen molar-refractivity contribution in [3.05, 3.63) is 12.4 Å². The van der Waals surface area contributed by atoms with Crippen LogP contribution in [0.1, 0.15) is 13.3 Å². The van der Waals surface area contributed by atoms with Crippen LogP contribution in [0.15, 0.2) is 17.3 Å². The number of anilines is 1. The Morgan fingerprint density at radius 1 is 1.47 bits per heavy atom. The molecule has 0 aliphatic carbocycles. The van der Waals surface area contributed by atoms with Gasteiger partial charge in [0.05, 0.1) is 12.4 Å². The van der Waals surface area contributed by atoms with Gasteiger partial charge in [0.25, 0.3) is 0 Å². The zero-order valence-corrected chi connectivity index (χ0v) is 12.7. The number of sulfonamides is 1. The van der Waals surface area contributed by atoms with E-state index in [4.69, 9.17) is 0 Å². The van der Waals surface area contributed by atoms with Gasteiger partial charge >= 0.3 is 0 Å². The number of hydrogen-bond donors (Lipinski definition) is 1. The molecule has 1 N–H and O–H groups in total. The first kappa shape index (κ1) is 14.5. The van der Waals surface area contributed by atoms with E-state index in [-0.39, 0.29) is 4.90 Å². The minimum Gasteiger partial charge on any atom is -0.357 e. The highest BCUT2D eigenvalue weighted by Gasteiger charge is 2.30. The molecule has 106 valence electrons. The van der Waals surface area contributed by atoms with E-state index in [1.165, 1.54) is 16.7 Å². The molecule has 0 aromatic carbocycles. The number of aromatic nitrogens is 2. The van der Waals surface area contributed by atoms with E-state index in [0.717, 1.165) is 12.2 Å². The van der Waals surface area contributed by atoms with E-state index in [2.05, 4.69) is 22.2 Å². The van der Waals surface area contributed by atoms with Crippen LogP contribution in [0.5, 0.6) is 0 Å². The van der Waals surface area contributed by atoms with Crippen molar-refractivity contribution in [2.24, 2.45) is 0 Å². The summed E-state index contributed by atoms with van der Waals surface area (Å²) in [7, 11) is -1.77. The fourth-order valence-electron chi connectivity index (χ4n) is 1.89. The topological polar surface area (TPSA) is 75.2 Å². The van der Waals surface area contributed by atoms with Crippen LogP contribution in [0, 0.1) is 0 Å². The molecular weight excluding hydrogens is 284 g/mol. The smallest absolute Gasteiger partial charge is 0.246 e. The highest BCUT2D eigenvalue weighted by molar-refractivity contribution is 8.00. The summed E-state index contributed by atoms with van der Waals surface area (Å²) in [6, 6.07) is 0. The summed E-state index contributed by atoms with van der Waals surface area (Å²) >= 11 is 1.84. The van der Waals surface area contributed by atoms with E-state index in [1.54, 1.807) is 7.05 Å². The number of thioether (sulfide) groups is 1. The standard InChI is InChI=1S/C11H18N4O2S2/c1-3-9-8-15(4-5-18-9)19(16,17)10-6-13-11(12-2)14-7-10/h6-7,9H,3-5,8H2,1-2H3,(H,12,13,14). The lowest BCUT2D eigenvalue weighted by Crippen LogP contribution is -2.41. The molecule has 19 heavy (non-hydrogen) atoms. The Labute approximate surface area is 118 Å². The molecule has 2 heterocycles. The first-order valence-corrected chi connectivity index (χ1v) is 8.68. The van der Waals surface area contributed by atoms with Gasteiger partial charge < -0.3 is 5.32 Å². The quantitative estimate of drug-likeness (QED) is 0.895. The number of hydrogen-bond acceptors (Lipinski definition) is 6. The van der Waals surface area contributed by atoms with Gasteiger partial charge in [0, 0.05) is 31.1 Å². The van der Waals surface area contributed by atoms with Crippen LogP contribution in [0.4, 0.5) is 5.95 Å². The van der Waals surface area contributed by atoms with Crippen molar-refractivity contribution in [3.63, 3.8) is 0 Å². The molecule has 0 radical (unpaired) electrons. The predicted octanol–water partition coefficient (Wildman–Crippen LogP) is 1.03. The van der Waals surface area contributed by atoms with Crippen molar-refractivity contribution < 1.29 is 8.42 Å². The summed E-state index contributed by atoms with van der Waals surface area (Å²) in [6.45, 7) is 3.20. The molecule has 0 saturated carbocycles. The number of rotatable bonds is 4. The van der Waals surface area contributed by atoms with E-state index in [1.807, 2.05) is 11.8 Å². The maximum atomic E-state index is 12.5. The third-order valence-corrected chi connectivity index (χ3v) is 6.24. The zero-order valence-electron chi connectivity index (χ0n) is 11.0. The molecular formula is C11H18N4O2S2. The fourth-order valence-corrected chi connectivity index (χ4v) is 4.65. The minimum atomic E-state index is -3.46. The van der Waals surface area contributed by atoms with Crippen LogP contribution in [0.25, 0.3) is 0 Å². The third kappa shape index (κ3) is 3.18. The van der Waals surface area contributed by atoms with Crippen LogP contribution in [-0.4, -0.2) is 53.8 Å². The third-order valence-electron chi connectivity index (χ3n) is 3.05. The van der Waals surface area contributed by atoms with Gasteiger partial charge in [-0.05, 0) is 6.42 Å². The highest BCUT2D eigenvalue weighted by atomic mass is 32.2. The van der Waals surface area contributed by atoms with E-state index >= 15 is 0 Å². The molecule has 1 unspecified atom stereocenters. The molecule has 1 aromatic heterocycles. The Bertz CT molecular complexity index is 518. The van der Waals surface area contributed by atoms with Gasteiger partial charge in [-0.3, -0.25) is 0 Å². The molecule has 1 aromatic rings. The van der Waals surface area contributed by atoms with E-state index in [9.17, 15) is 8.42 Å². The Morgan fingerprint density at radius 3 is 2.74 bits per heavy atom. The largest absolute Gasteiger partial charge is 0.357 e. The monoisotopic (exact) mass is 302 g/mol. The lowest BCUT2D eigenvalue weighted by atomic mass is 10.3. The maximum absolute atomic E-state index is 12.5. The Kier molecular flexibility index (Phi) is 4.64. The lowest BCUT2D eigenvalue weighted by molar-refractivity contribution is 0.415. The van der Waals surface area contributed by atoms with Crippen molar-refractivity contribution in [2.45, 2.75) is 23.5 Å². The maximum Gasteiger partial charge on any atom is 0.246 e. The van der Waals surface area contributed by atoms with Crippen LogP contribution in [0.2, 0.25) is 0 Å². The molecule has 2 rings (SSSR count). The van der Waals surface area contributed by atoms with Gasteiger partial charge in [0.2, 0.25) is 16.0 Å². The summed E-state index contributed by atoms with van der Waals surface area (Å²) in [5.74, 6) is 1.26. The molecule has 8 heteroatoms. The van der Waals surface area contributed by atoms with Crippen LogP contribution < -0.4 is 5.32 Å². The summed E-state index contributed by atoms with van der Waals surface area (Å²) in [5.41, 5.74) is 0. The van der Waals surface area contributed by atoms with Gasteiger partial charge in [-0.1, -0.05) is 6.92 Å². The zero-order chi connectivity index (χ0) is 13.9. The fraction of sp³-hybridized carbons (Fsp3) is 0.636. The van der Waals surface area contributed by atoms with Crippen LogP contribution in [-0.2, 0) is 10.0 Å². The molecule has 1 aliphatic heterocycles. The summed E-state index contributed by atoms with van der Waals surface area (Å²) in [5, 5.41) is 3.14. The number of nitrogens with one attached hydrogen (secondary N) is 1. The van der Waals surface area contributed by atoms with E-state index in [0.29, 0.717) is 24.3 Å². The summed E-state index contributed by atoms with van der Waals surface area (Å²) in [6.07, 6.45) is 3.69. The molecule has 1 saturated heterocycles. The average molecular weight is 302 g/mol.